The first-order valence-electron chi connectivity index (χ1n) is 7.13. The number of aryl methyl sites for hydroxylation is 1. The van der Waals surface area contributed by atoms with Crippen molar-refractivity contribution < 1.29 is 9.90 Å². The Morgan fingerprint density at radius 3 is 2.68 bits per heavy atom. The number of aromatic nitrogens is 2. The number of hydrogen-bond acceptors (Lipinski definition) is 3. The molecule has 0 saturated heterocycles. The maximum absolute atomic E-state index is 10.7. The van der Waals surface area contributed by atoms with E-state index < -0.39 is 5.97 Å². The number of rotatable bonds is 5. The second kappa shape index (κ2) is 6.98. The molecule has 4 nitrogen and oxygen atoms in total. The molecule has 1 aromatic heterocycles. The van der Waals surface area contributed by atoms with Crippen LogP contribution in [0.15, 0.2) is 11.1 Å². The summed E-state index contributed by atoms with van der Waals surface area (Å²) in [5.74, 6) is -0.654. The smallest absolute Gasteiger partial charge is 0.313 e. The van der Waals surface area contributed by atoms with Crippen LogP contribution >= 0.6 is 11.8 Å². The Bertz CT molecular complexity index is 423. The summed E-state index contributed by atoms with van der Waals surface area (Å²) in [6.45, 7) is 2.09. The average molecular weight is 282 g/mol. The van der Waals surface area contributed by atoms with E-state index in [-0.39, 0.29) is 5.75 Å². The number of aliphatic carboxylic acids is 1. The SMILES string of the molecule is CCc1cc(SCC(=O)O)n(C2CCCCCC2)n1. The molecule has 1 fully saturated rings. The highest BCUT2D eigenvalue weighted by molar-refractivity contribution is 7.99. The van der Waals surface area contributed by atoms with Gasteiger partial charge in [0.05, 0.1) is 22.5 Å². The van der Waals surface area contributed by atoms with Gasteiger partial charge in [0.15, 0.2) is 0 Å². The molecular weight excluding hydrogens is 260 g/mol. The third-order valence-corrected chi connectivity index (χ3v) is 4.62. The minimum Gasteiger partial charge on any atom is -0.481 e. The Balaban J connectivity index is 2.15. The van der Waals surface area contributed by atoms with Crippen molar-refractivity contribution in [3.05, 3.63) is 11.8 Å². The number of carbonyl (C=O) groups is 1. The van der Waals surface area contributed by atoms with E-state index in [0.717, 1.165) is 17.1 Å². The van der Waals surface area contributed by atoms with Crippen LogP contribution in [0.4, 0.5) is 0 Å². The monoisotopic (exact) mass is 282 g/mol. The van der Waals surface area contributed by atoms with E-state index in [0.29, 0.717) is 6.04 Å². The molecule has 1 saturated carbocycles. The van der Waals surface area contributed by atoms with Crippen LogP contribution in [0.3, 0.4) is 0 Å². The fourth-order valence-electron chi connectivity index (χ4n) is 2.61. The lowest BCUT2D eigenvalue weighted by atomic mass is 10.1. The third kappa shape index (κ3) is 4.00. The molecule has 0 bridgehead atoms. The highest BCUT2D eigenvalue weighted by Crippen LogP contribution is 2.31. The van der Waals surface area contributed by atoms with Crippen molar-refractivity contribution in [2.45, 2.75) is 62.9 Å². The van der Waals surface area contributed by atoms with Gasteiger partial charge in [-0.05, 0) is 25.3 Å². The van der Waals surface area contributed by atoms with Crippen LogP contribution in [0, 0.1) is 0 Å². The normalized spacial score (nSPS) is 17.3. The zero-order valence-corrected chi connectivity index (χ0v) is 12.3. The first kappa shape index (κ1) is 14.4. The molecule has 0 aliphatic heterocycles. The number of thioether (sulfide) groups is 1. The molecule has 5 heteroatoms. The summed E-state index contributed by atoms with van der Waals surface area (Å²) in [6.07, 6.45) is 8.40. The fraction of sp³-hybridized carbons (Fsp3) is 0.714. The fourth-order valence-corrected chi connectivity index (χ4v) is 3.42. The molecule has 106 valence electrons. The maximum atomic E-state index is 10.7. The quantitative estimate of drug-likeness (QED) is 0.663. The van der Waals surface area contributed by atoms with E-state index in [1.54, 1.807) is 0 Å². The molecule has 1 aliphatic carbocycles. The van der Waals surface area contributed by atoms with Crippen LogP contribution in [-0.4, -0.2) is 26.6 Å². The van der Waals surface area contributed by atoms with Gasteiger partial charge < -0.3 is 5.11 Å². The van der Waals surface area contributed by atoms with Crippen LogP contribution in [-0.2, 0) is 11.2 Å². The summed E-state index contributed by atoms with van der Waals surface area (Å²) in [4.78, 5) is 10.7. The Labute approximate surface area is 118 Å². The molecule has 0 radical (unpaired) electrons. The molecule has 1 N–H and O–H groups in total. The van der Waals surface area contributed by atoms with Gasteiger partial charge in [-0.1, -0.05) is 44.4 Å². The van der Waals surface area contributed by atoms with Gasteiger partial charge in [0, 0.05) is 0 Å². The van der Waals surface area contributed by atoms with E-state index >= 15 is 0 Å². The Hall–Kier alpha value is -0.970. The van der Waals surface area contributed by atoms with Crippen molar-refractivity contribution in [3.63, 3.8) is 0 Å². The van der Waals surface area contributed by atoms with Gasteiger partial charge in [-0.2, -0.15) is 5.10 Å². The molecule has 0 amide bonds. The van der Waals surface area contributed by atoms with Crippen molar-refractivity contribution in [1.82, 2.24) is 9.78 Å². The van der Waals surface area contributed by atoms with Crippen LogP contribution in [0.2, 0.25) is 0 Å². The summed E-state index contributed by atoms with van der Waals surface area (Å²) in [5.41, 5.74) is 1.07. The van der Waals surface area contributed by atoms with Gasteiger partial charge in [-0.25, -0.2) is 0 Å². The molecule has 0 aromatic carbocycles. The van der Waals surface area contributed by atoms with Crippen molar-refractivity contribution in [3.8, 4) is 0 Å². The highest BCUT2D eigenvalue weighted by Gasteiger charge is 2.19. The lowest BCUT2D eigenvalue weighted by Gasteiger charge is -2.17. The second-order valence-corrected chi connectivity index (χ2v) is 6.10. The van der Waals surface area contributed by atoms with Gasteiger partial charge in [-0.15, -0.1) is 0 Å². The predicted molar refractivity (Wildman–Crippen MR) is 76.7 cm³/mol. The second-order valence-electron chi connectivity index (χ2n) is 5.10. The standard InChI is InChI=1S/C14H22N2O2S/c1-2-11-9-13(19-10-14(17)18)16(15-11)12-7-5-3-4-6-8-12/h9,12H,2-8,10H2,1H3,(H,17,18). The van der Waals surface area contributed by atoms with Gasteiger partial charge in [-0.3, -0.25) is 9.48 Å². The van der Waals surface area contributed by atoms with E-state index in [9.17, 15) is 4.79 Å². The topological polar surface area (TPSA) is 55.1 Å². The number of carboxylic acids is 1. The van der Waals surface area contributed by atoms with Crippen molar-refractivity contribution in [2.75, 3.05) is 5.75 Å². The van der Waals surface area contributed by atoms with Gasteiger partial charge in [0.1, 0.15) is 0 Å². The van der Waals surface area contributed by atoms with E-state index in [2.05, 4.69) is 22.8 Å². The summed E-state index contributed by atoms with van der Waals surface area (Å²) >= 11 is 1.39. The predicted octanol–water partition coefficient (Wildman–Crippen LogP) is 3.52. The zero-order chi connectivity index (χ0) is 13.7. The van der Waals surface area contributed by atoms with Crippen molar-refractivity contribution >= 4 is 17.7 Å². The molecule has 1 aromatic rings. The minimum atomic E-state index is -0.767. The average Bonchev–Trinajstić information content (AvgIpc) is 2.62. The number of carboxylic acid groups (broad SMARTS) is 1. The molecule has 2 rings (SSSR count). The van der Waals surface area contributed by atoms with E-state index in [1.807, 2.05) is 0 Å². The van der Waals surface area contributed by atoms with E-state index in [1.165, 1.54) is 50.3 Å². The first-order chi connectivity index (χ1) is 9.20. The van der Waals surface area contributed by atoms with Gasteiger partial charge >= 0.3 is 5.97 Å². The third-order valence-electron chi connectivity index (χ3n) is 3.63. The summed E-state index contributed by atoms with van der Waals surface area (Å²) < 4.78 is 2.09. The van der Waals surface area contributed by atoms with Crippen LogP contribution in [0.1, 0.15) is 57.2 Å². The highest BCUT2D eigenvalue weighted by atomic mass is 32.2. The van der Waals surface area contributed by atoms with Crippen LogP contribution in [0.25, 0.3) is 0 Å². The number of hydrogen-bond donors (Lipinski definition) is 1. The minimum absolute atomic E-state index is 0.113. The molecule has 0 atom stereocenters. The first-order valence-corrected chi connectivity index (χ1v) is 8.12. The summed E-state index contributed by atoms with van der Waals surface area (Å²) in [6, 6.07) is 2.51. The summed E-state index contributed by atoms with van der Waals surface area (Å²) in [7, 11) is 0. The summed E-state index contributed by atoms with van der Waals surface area (Å²) in [5, 5.41) is 14.5. The lowest BCUT2D eigenvalue weighted by Crippen LogP contribution is -2.12. The van der Waals surface area contributed by atoms with E-state index in [4.69, 9.17) is 5.11 Å². The molecular formula is C14H22N2O2S. The van der Waals surface area contributed by atoms with Crippen molar-refractivity contribution in [1.29, 1.82) is 0 Å². The Morgan fingerprint density at radius 2 is 2.11 bits per heavy atom. The maximum Gasteiger partial charge on any atom is 0.313 e. The van der Waals surface area contributed by atoms with Gasteiger partial charge in [0.25, 0.3) is 0 Å². The molecule has 0 spiro atoms. The van der Waals surface area contributed by atoms with Crippen molar-refractivity contribution in [2.24, 2.45) is 0 Å². The molecule has 19 heavy (non-hydrogen) atoms. The Morgan fingerprint density at radius 1 is 1.42 bits per heavy atom. The molecule has 1 aliphatic rings. The molecule has 1 heterocycles. The van der Waals surface area contributed by atoms with Gasteiger partial charge in [0.2, 0.25) is 0 Å². The largest absolute Gasteiger partial charge is 0.481 e. The zero-order valence-electron chi connectivity index (χ0n) is 11.5. The molecule has 0 unspecified atom stereocenters. The van der Waals surface area contributed by atoms with Crippen LogP contribution in [0.5, 0.6) is 0 Å². The van der Waals surface area contributed by atoms with Crippen LogP contribution < -0.4 is 0 Å². The number of nitrogens with zero attached hydrogens (tertiary/aromatic N) is 2. The Kier molecular flexibility index (Phi) is 5.31. The lowest BCUT2D eigenvalue weighted by molar-refractivity contribution is -0.133.